The highest BCUT2D eigenvalue weighted by molar-refractivity contribution is 5.17. The van der Waals surface area contributed by atoms with Crippen molar-refractivity contribution in [2.75, 3.05) is 6.54 Å². The first kappa shape index (κ1) is 12.6. The molecule has 1 heterocycles. The molecule has 1 aromatic rings. The van der Waals surface area contributed by atoms with Gasteiger partial charge in [0.1, 0.15) is 11.9 Å². The number of aromatic nitrogens is 1. The minimum Gasteiger partial charge on any atom is -0.487 e. The number of hydrogen-bond acceptors (Lipinski definition) is 3. The van der Waals surface area contributed by atoms with Gasteiger partial charge in [-0.25, -0.2) is 0 Å². The van der Waals surface area contributed by atoms with E-state index in [2.05, 4.69) is 4.98 Å². The van der Waals surface area contributed by atoms with Crippen molar-refractivity contribution in [3.8, 4) is 5.75 Å². The third kappa shape index (κ3) is 2.03. The molecule has 4 bridgehead atoms. The van der Waals surface area contributed by atoms with Crippen LogP contribution >= 0.6 is 0 Å². The van der Waals surface area contributed by atoms with Gasteiger partial charge in [0.05, 0.1) is 6.20 Å². The lowest BCUT2D eigenvalue weighted by molar-refractivity contribution is -0.108. The Morgan fingerprint density at radius 1 is 1.20 bits per heavy atom. The van der Waals surface area contributed by atoms with E-state index in [4.69, 9.17) is 10.5 Å². The number of ether oxygens (including phenoxy) is 1. The number of pyridine rings is 1. The fraction of sp³-hybridized carbons (Fsp3) is 0.706. The highest BCUT2D eigenvalue weighted by Crippen LogP contribution is 2.61. The number of hydrogen-bond donors (Lipinski definition) is 1. The van der Waals surface area contributed by atoms with Crippen molar-refractivity contribution in [1.82, 2.24) is 4.98 Å². The summed E-state index contributed by atoms with van der Waals surface area (Å²) in [6.07, 6.45) is 12.2. The second kappa shape index (κ2) is 4.73. The van der Waals surface area contributed by atoms with Gasteiger partial charge in [-0.2, -0.15) is 0 Å². The van der Waals surface area contributed by atoms with Gasteiger partial charge in [-0.05, 0) is 68.4 Å². The molecule has 0 radical (unpaired) electrons. The average Bonchev–Trinajstić information content (AvgIpc) is 2.44. The maximum Gasteiger partial charge on any atom is 0.138 e. The zero-order valence-corrected chi connectivity index (χ0v) is 12.0. The lowest BCUT2D eigenvalue weighted by atomic mass is 9.48. The summed E-state index contributed by atoms with van der Waals surface area (Å²) in [5.74, 6) is 3.69. The third-order valence-corrected chi connectivity index (χ3v) is 5.90. The number of nitrogens with zero attached hydrogens (tertiary/aromatic N) is 1. The van der Waals surface area contributed by atoms with Crippen LogP contribution in [0.3, 0.4) is 0 Å². The van der Waals surface area contributed by atoms with Crippen molar-refractivity contribution in [2.24, 2.45) is 28.9 Å². The summed E-state index contributed by atoms with van der Waals surface area (Å²) in [6.45, 7) is 0.626. The highest BCUT2D eigenvalue weighted by Gasteiger charge is 2.54. The summed E-state index contributed by atoms with van der Waals surface area (Å²) < 4.78 is 6.26. The Labute approximate surface area is 120 Å². The van der Waals surface area contributed by atoms with E-state index in [9.17, 15) is 0 Å². The summed E-state index contributed by atoms with van der Waals surface area (Å²) in [5, 5.41) is 0. The first-order chi connectivity index (χ1) is 9.77. The van der Waals surface area contributed by atoms with Crippen molar-refractivity contribution in [3.63, 3.8) is 0 Å². The monoisotopic (exact) mass is 272 g/mol. The molecule has 4 aliphatic rings. The maximum atomic E-state index is 6.26. The van der Waals surface area contributed by atoms with Crippen LogP contribution in [0, 0.1) is 23.2 Å². The Morgan fingerprint density at radius 3 is 2.35 bits per heavy atom. The molecule has 0 spiro atoms. The first-order valence-corrected chi connectivity index (χ1v) is 8.04. The fourth-order valence-corrected chi connectivity index (χ4v) is 5.58. The lowest BCUT2D eigenvalue weighted by Gasteiger charge is -2.58. The minimum absolute atomic E-state index is 0.167. The zero-order valence-electron chi connectivity index (χ0n) is 12.0. The normalized spacial score (nSPS) is 39.8. The molecule has 4 aliphatic carbocycles. The van der Waals surface area contributed by atoms with Gasteiger partial charge in [-0.15, -0.1) is 0 Å². The zero-order chi connectivity index (χ0) is 13.6. The molecule has 108 valence electrons. The van der Waals surface area contributed by atoms with Gasteiger partial charge in [0, 0.05) is 18.2 Å². The van der Waals surface area contributed by atoms with Gasteiger partial charge in [0.25, 0.3) is 0 Å². The quantitative estimate of drug-likeness (QED) is 0.916. The largest absolute Gasteiger partial charge is 0.487 e. The Bertz CT molecular complexity index is 438. The molecule has 1 unspecified atom stereocenters. The molecule has 1 aromatic heterocycles. The standard InChI is InChI=1S/C17H24N2O/c18-10-16(20-15-2-1-3-19-11-15)17-7-12-4-13(8-17)6-14(5-12)9-17/h1-3,11-14,16H,4-10,18H2. The topological polar surface area (TPSA) is 48.1 Å². The van der Waals surface area contributed by atoms with Gasteiger partial charge >= 0.3 is 0 Å². The van der Waals surface area contributed by atoms with Gasteiger partial charge in [0.15, 0.2) is 0 Å². The van der Waals surface area contributed by atoms with E-state index in [1.807, 2.05) is 18.3 Å². The highest BCUT2D eigenvalue weighted by atomic mass is 16.5. The molecule has 3 heteroatoms. The van der Waals surface area contributed by atoms with Crippen molar-refractivity contribution < 1.29 is 4.74 Å². The van der Waals surface area contributed by atoms with Crippen LogP contribution in [-0.4, -0.2) is 17.6 Å². The molecule has 0 amide bonds. The van der Waals surface area contributed by atoms with Crippen LogP contribution in [0.2, 0.25) is 0 Å². The molecule has 4 fully saturated rings. The summed E-state index contributed by atoms with van der Waals surface area (Å²) in [7, 11) is 0. The fourth-order valence-electron chi connectivity index (χ4n) is 5.58. The molecule has 0 aliphatic heterocycles. The summed E-state index contributed by atoms with van der Waals surface area (Å²) in [4.78, 5) is 4.15. The molecule has 1 atom stereocenters. The van der Waals surface area contributed by atoms with E-state index < -0.39 is 0 Å². The van der Waals surface area contributed by atoms with E-state index in [0.717, 1.165) is 23.5 Å². The van der Waals surface area contributed by atoms with Crippen molar-refractivity contribution in [3.05, 3.63) is 24.5 Å². The van der Waals surface area contributed by atoms with Gasteiger partial charge in [-0.1, -0.05) is 0 Å². The second-order valence-electron chi connectivity index (χ2n) is 7.31. The molecule has 20 heavy (non-hydrogen) atoms. The SMILES string of the molecule is NCC(Oc1cccnc1)C12CC3CC(CC(C3)C1)C2. The average molecular weight is 272 g/mol. The molecule has 4 saturated carbocycles. The van der Waals surface area contributed by atoms with E-state index in [1.54, 1.807) is 6.20 Å². The Hall–Kier alpha value is -1.09. The van der Waals surface area contributed by atoms with E-state index in [-0.39, 0.29) is 6.10 Å². The minimum atomic E-state index is 0.167. The van der Waals surface area contributed by atoms with Crippen LogP contribution < -0.4 is 10.5 Å². The van der Waals surface area contributed by atoms with E-state index in [0.29, 0.717) is 12.0 Å². The van der Waals surface area contributed by atoms with Crippen LogP contribution in [0.15, 0.2) is 24.5 Å². The Balaban J connectivity index is 1.58. The smallest absolute Gasteiger partial charge is 0.138 e. The van der Waals surface area contributed by atoms with Crippen molar-refractivity contribution in [2.45, 2.75) is 44.6 Å². The summed E-state index contributed by atoms with van der Waals surface area (Å²) in [6, 6.07) is 3.93. The van der Waals surface area contributed by atoms with Crippen LogP contribution in [-0.2, 0) is 0 Å². The van der Waals surface area contributed by atoms with Gasteiger partial charge in [-0.3, -0.25) is 4.98 Å². The summed E-state index contributed by atoms with van der Waals surface area (Å²) >= 11 is 0. The lowest BCUT2D eigenvalue weighted by Crippen LogP contribution is -2.55. The van der Waals surface area contributed by atoms with Crippen LogP contribution in [0.25, 0.3) is 0 Å². The third-order valence-electron chi connectivity index (χ3n) is 5.90. The van der Waals surface area contributed by atoms with Crippen LogP contribution in [0.4, 0.5) is 0 Å². The predicted molar refractivity (Wildman–Crippen MR) is 78.3 cm³/mol. The molecular weight excluding hydrogens is 248 g/mol. The Kier molecular flexibility index (Phi) is 2.99. The van der Waals surface area contributed by atoms with E-state index >= 15 is 0 Å². The van der Waals surface area contributed by atoms with Gasteiger partial charge < -0.3 is 10.5 Å². The molecule has 0 aromatic carbocycles. The molecular formula is C17H24N2O. The summed E-state index contributed by atoms with van der Waals surface area (Å²) in [5.41, 5.74) is 6.44. The van der Waals surface area contributed by atoms with Crippen molar-refractivity contribution in [1.29, 1.82) is 0 Å². The van der Waals surface area contributed by atoms with Crippen LogP contribution in [0.5, 0.6) is 5.75 Å². The molecule has 0 saturated heterocycles. The predicted octanol–water partition coefficient (Wildman–Crippen LogP) is 3.00. The maximum absolute atomic E-state index is 6.26. The molecule has 5 rings (SSSR count). The van der Waals surface area contributed by atoms with E-state index in [1.165, 1.54) is 38.5 Å². The number of nitrogens with two attached hydrogens (primary N) is 1. The number of rotatable bonds is 4. The van der Waals surface area contributed by atoms with Crippen molar-refractivity contribution >= 4 is 0 Å². The Morgan fingerprint density at radius 2 is 1.85 bits per heavy atom. The second-order valence-corrected chi connectivity index (χ2v) is 7.31. The molecule has 2 N–H and O–H groups in total. The van der Waals surface area contributed by atoms with Crippen LogP contribution in [0.1, 0.15) is 38.5 Å². The molecule has 3 nitrogen and oxygen atoms in total. The van der Waals surface area contributed by atoms with Gasteiger partial charge in [0.2, 0.25) is 0 Å². The first-order valence-electron chi connectivity index (χ1n) is 8.04.